The zero-order valence-electron chi connectivity index (χ0n) is 17.2. The number of anilines is 2. The molecule has 0 spiro atoms. The Kier molecular flexibility index (Phi) is 5.46. The molecule has 1 heterocycles. The summed E-state index contributed by atoms with van der Waals surface area (Å²) in [6.45, 7) is 10.1. The quantitative estimate of drug-likeness (QED) is 0.753. The number of rotatable bonds is 3. The van der Waals surface area contributed by atoms with Crippen LogP contribution in [0.15, 0.2) is 24.3 Å². The second kappa shape index (κ2) is 7.53. The molecule has 0 atom stereocenters. The zero-order valence-corrected chi connectivity index (χ0v) is 17.2. The van der Waals surface area contributed by atoms with E-state index in [0.717, 1.165) is 12.0 Å². The van der Waals surface area contributed by atoms with Gasteiger partial charge in [-0.2, -0.15) is 0 Å². The molecule has 3 nitrogen and oxygen atoms in total. The summed E-state index contributed by atoms with van der Waals surface area (Å²) in [5, 5.41) is 2.73. The molecule has 0 aliphatic carbocycles. The number of nitrogens with zero attached hydrogens (tertiary/aromatic N) is 1. The minimum Gasteiger partial charge on any atom is -0.362 e. The summed E-state index contributed by atoms with van der Waals surface area (Å²) in [5.41, 5.74) is 2.89. The van der Waals surface area contributed by atoms with E-state index in [1.807, 2.05) is 39.0 Å². The lowest BCUT2D eigenvalue weighted by atomic mass is 9.91. The SMILES string of the molecule is Cc1c(F)c(N2CCc3ccccc3C2)c(F)c(C)c1NC(=O)CC(C)(C)C. The predicted octanol–water partition coefficient (Wildman–Crippen LogP) is 5.52. The highest BCUT2D eigenvalue weighted by Gasteiger charge is 2.28. The van der Waals surface area contributed by atoms with E-state index in [4.69, 9.17) is 0 Å². The van der Waals surface area contributed by atoms with E-state index in [0.29, 0.717) is 13.1 Å². The lowest BCUT2D eigenvalue weighted by Crippen LogP contribution is -2.32. The fraction of sp³-hybridized carbons (Fsp3) is 0.435. The Morgan fingerprint density at radius 2 is 1.64 bits per heavy atom. The highest BCUT2D eigenvalue weighted by atomic mass is 19.1. The van der Waals surface area contributed by atoms with Gasteiger partial charge in [-0.25, -0.2) is 8.78 Å². The minimum atomic E-state index is -0.603. The van der Waals surface area contributed by atoms with Crippen LogP contribution < -0.4 is 10.2 Å². The molecule has 28 heavy (non-hydrogen) atoms. The molecule has 2 aromatic carbocycles. The largest absolute Gasteiger partial charge is 0.362 e. The van der Waals surface area contributed by atoms with Gasteiger partial charge in [0.05, 0.1) is 5.69 Å². The average molecular weight is 386 g/mol. The zero-order chi connectivity index (χ0) is 20.6. The molecule has 0 saturated carbocycles. The number of fused-ring (bicyclic) bond motifs is 1. The lowest BCUT2D eigenvalue weighted by molar-refractivity contribution is -0.117. The van der Waals surface area contributed by atoms with Crippen molar-refractivity contribution < 1.29 is 13.6 Å². The van der Waals surface area contributed by atoms with Gasteiger partial charge in [0.15, 0.2) is 11.6 Å². The van der Waals surface area contributed by atoms with Crippen molar-refractivity contribution in [2.75, 3.05) is 16.8 Å². The maximum absolute atomic E-state index is 15.2. The van der Waals surface area contributed by atoms with Crippen molar-refractivity contribution >= 4 is 17.3 Å². The molecule has 3 rings (SSSR count). The number of carbonyl (C=O) groups excluding carboxylic acids is 1. The van der Waals surface area contributed by atoms with Gasteiger partial charge >= 0.3 is 0 Å². The molecule has 0 unspecified atom stereocenters. The standard InChI is InChI=1S/C23H28F2N2O/c1-14-19(24)22(27-11-10-16-8-6-7-9-17(16)13-27)20(25)15(2)21(14)26-18(28)12-23(3,4)5/h6-9H,10-13H2,1-5H3,(H,26,28). The molecule has 150 valence electrons. The van der Waals surface area contributed by atoms with Crippen LogP contribution in [-0.2, 0) is 17.8 Å². The molecule has 1 aliphatic rings. The fourth-order valence-corrected chi connectivity index (χ4v) is 3.77. The summed E-state index contributed by atoms with van der Waals surface area (Å²) in [7, 11) is 0. The van der Waals surface area contributed by atoms with E-state index in [9.17, 15) is 4.79 Å². The first-order valence-electron chi connectivity index (χ1n) is 9.68. The van der Waals surface area contributed by atoms with Gasteiger partial charge in [-0.15, -0.1) is 0 Å². The summed E-state index contributed by atoms with van der Waals surface area (Å²) in [4.78, 5) is 14.1. The first-order chi connectivity index (χ1) is 13.1. The Labute approximate surface area is 165 Å². The third kappa shape index (κ3) is 4.03. The molecule has 0 bridgehead atoms. The van der Waals surface area contributed by atoms with Gasteiger partial charge in [-0.3, -0.25) is 4.79 Å². The van der Waals surface area contributed by atoms with E-state index in [-0.39, 0.29) is 40.2 Å². The number of benzene rings is 2. The second-order valence-corrected chi connectivity index (χ2v) is 8.83. The van der Waals surface area contributed by atoms with E-state index in [1.165, 1.54) is 5.56 Å². The van der Waals surface area contributed by atoms with Crippen LogP contribution in [0.5, 0.6) is 0 Å². The van der Waals surface area contributed by atoms with Gasteiger partial charge in [0.1, 0.15) is 5.69 Å². The molecule has 0 radical (unpaired) electrons. The van der Waals surface area contributed by atoms with Gasteiger partial charge in [0.2, 0.25) is 5.91 Å². The molecule has 5 heteroatoms. The maximum atomic E-state index is 15.2. The molecule has 1 amide bonds. The summed E-state index contributed by atoms with van der Waals surface area (Å²) >= 11 is 0. The smallest absolute Gasteiger partial charge is 0.224 e. The number of carbonyl (C=O) groups is 1. The van der Waals surface area contributed by atoms with Crippen molar-refractivity contribution in [1.29, 1.82) is 0 Å². The monoisotopic (exact) mass is 386 g/mol. The van der Waals surface area contributed by atoms with Crippen LogP contribution in [0, 0.1) is 30.9 Å². The Bertz CT molecular complexity index is 887. The molecule has 0 aromatic heterocycles. The van der Waals surface area contributed by atoms with Crippen molar-refractivity contribution in [1.82, 2.24) is 0 Å². The normalized spacial score (nSPS) is 14.0. The molecule has 0 saturated heterocycles. The van der Waals surface area contributed by atoms with Crippen molar-refractivity contribution in [2.24, 2.45) is 5.41 Å². The van der Waals surface area contributed by atoms with Crippen LogP contribution in [0.4, 0.5) is 20.2 Å². The number of halogens is 2. The average Bonchev–Trinajstić information content (AvgIpc) is 2.62. The van der Waals surface area contributed by atoms with E-state index < -0.39 is 11.6 Å². The maximum Gasteiger partial charge on any atom is 0.224 e. The van der Waals surface area contributed by atoms with Gasteiger partial charge < -0.3 is 10.2 Å². The number of hydrogen-bond acceptors (Lipinski definition) is 2. The summed E-state index contributed by atoms with van der Waals surface area (Å²) < 4.78 is 30.4. The van der Waals surface area contributed by atoms with Gasteiger partial charge in [0, 0.05) is 30.6 Å². The molecule has 2 aromatic rings. The molecular weight excluding hydrogens is 358 g/mol. The fourth-order valence-electron chi connectivity index (χ4n) is 3.77. The second-order valence-electron chi connectivity index (χ2n) is 8.83. The highest BCUT2D eigenvalue weighted by molar-refractivity contribution is 5.93. The Hall–Kier alpha value is -2.43. The number of nitrogens with one attached hydrogen (secondary N) is 1. The molecular formula is C23H28F2N2O. The topological polar surface area (TPSA) is 32.3 Å². The molecule has 1 N–H and O–H groups in total. The number of amides is 1. The molecule has 0 fully saturated rings. The van der Waals surface area contributed by atoms with E-state index >= 15 is 8.78 Å². The van der Waals surface area contributed by atoms with Crippen LogP contribution in [-0.4, -0.2) is 12.5 Å². The first-order valence-corrected chi connectivity index (χ1v) is 9.68. The highest BCUT2D eigenvalue weighted by Crippen LogP contribution is 2.37. The van der Waals surface area contributed by atoms with Gasteiger partial charge in [-0.05, 0) is 36.8 Å². The van der Waals surface area contributed by atoms with Crippen LogP contribution in [0.3, 0.4) is 0 Å². The Morgan fingerprint density at radius 1 is 1.07 bits per heavy atom. The van der Waals surface area contributed by atoms with Crippen LogP contribution in [0.25, 0.3) is 0 Å². The van der Waals surface area contributed by atoms with Crippen molar-refractivity contribution in [3.05, 3.63) is 58.2 Å². The lowest BCUT2D eigenvalue weighted by Gasteiger charge is -2.32. The van der Waals surface area contributed by atoms with Gasteiger partial charge in [-0.1, -0.05) is 45.0 Å². The van der Waals surface area contributed by atoms with Crippen LogP contribution >= 0.6 is 0 Å². The Balaban J connectivity index is 1.94. The Morgan fingerprint density at radius 3 is 2.21 bits per heavy atom. The summed E-state index contributed by atoms with van der Waals surface area (Å²) in [5.74, 6) is -1.45. The van der Waals surface area contributed by atoms with E-state index in [2.05, 4.69) is 11.4 Å². The van der Waals surface area contributed by atoms with E-state index in [1.54, 1.807) is 18.7 Å². The van der Waals surface area contributed by atoms with Crippen molar-refractivity contribution in [2.45, 2.75) is 54.0 Å². The van der Waals surface area contributed by atoms with Crippen molar-refractivity contribution in [3.63, 3.8) is 0 Å². The van der Waals surface area contributed by atoms with Gasteiger partial charge in [0.25, 0.3) is 0 Å². The molecule has 1 aliphatic heterocycles. The summed E-state index contributed by atoms with van der Waals surface area (Å²) in [6.07, 6.45) is 1.02. The third-order valence-corrected chi connectivity index (χ3v) is 5.23. The first kappa shape index (κ1) is 20.3. The third-order valence-electron chi connectivity index (χ3n) is 5.23. The minimum absolute atomic E-state index is 0.00155. The van der Waals surface area contributed by atoms with Crippen LogP contribution in [0.1, 0.15) is 49.4 Å². The van der Waals surface area contributed by atoms with Crippen molar-refractivity contribution in [3.8, 4) is 0 Å². The van der Waals surface area contributed by atoms with Crippen LogP contribution in [0.2, 0.25) is 0 Å². The summed E-state index contributed by atoms with van der Waals surface area (Å²) in [6, 6.07) is 7.99. The number of hydrogen-bond donors (Lipinski definition) is 1. The predicted molar refractivity (Wildman–Crippen MR) is 110 cm³/mol.